The number of aliphatic hydroxyl groups is 1. The van der Waals surface area contributed by atoms with Gasteiger partial charge in [-0.05, 0) is 12.0 Å². The molecule has 2 aromatic rings. The smallest absolute Gasteiger partial charge is 0.170 e. The maximum absolute atomic E-state index is 12.4. The first-order valence-corrected chi connectivity index (χ1v) is 6.08. The van der Waals surface area contributed by atoms with Gasteiger partial charge in [-0.3, -0.25) is 4.79 Å². The number of rotatable bonds is 5. The number of hydrogen-bond donors (Lipinski definition) is 2. The Balaban J connectivity index is 0.00000180. The number of aliphatic hydroxyl groups excluding tert-OH is 1. The zero-order valence-corrected chi connectivity index (χ0v) is 10.8. The fourth-order valence-electron chi connectivity index (χ4n) is 2.07. The van der Waals surface area contributed by atoms with Crippen molar-refractivity contribution in [3.8, 4) is 0 Å². The number of benzene rings is 2. The molecule has 0 fully saturated rings. The highest BCUT2D eigenvalue weighted by Crippen LogP contribution is 2.23. The molecule has 0 saturated heterocycles. The van der Waals surface area contributed by atoms with E-state index in [-0.39, 0.29) is 24.5 Å². The Morgan fingerprint density at radius 3 is 2.00 bits per heavy atom. The summed E-state index contributed by atoms with van der Waals surface area (Å²) in [5.41, 5.74) is 1.65. The van der Waals surface area contributed by atoms with Crippen molar-refractivity contribution in [2.45, 2.75) is 12.3 Å². The molecule has 2 rings (SSSR count). The molecule has 0 aliphatic carbocycles. The first kappa shape index (κ1) is 15.1. The number of Topliss-reactive ketones (excluding diaryl/α,β-unsaturated/α-hetero) is 1. The van der Waals surface area contributed by atoms with E-state index in [1.54, 1.807) is 0 Å². The zero-order valence-electron chi connectivity index (χ0n) is 10.8. The molecule has 0 saturated carbocycles. The average Bonchev–Trinajstić information content (AvgIpc) is 2.46. The van der Waals surface area contributed by atoms with E-state index in [1.165, 1.54) is 0 Å². The van der Waals surface area contributed by atoms with Crippen molar-refractivity contribution in [3.63, 3.8) is 0 Å². The number of ketones is 1. The van der Waals surface area contributed by atoms with Gasteiger partial charge in [0.25, 0.3) is 0 Å². The summed E-state index contributed by atoms with van der Waals surface area (Å²) < 4.78 is 0. The molecule has 19 heavy (non-hydrogen) atoms. The molecule has 3 nitrogen and oxygen atoms in total. The topological polar surface area (TPSA) is 72.3 Å². The second-order valence-corrected chi connectivity index (χ2v) is 4.21. The summed E-state index contributed by atoms with van der Waals surface area (Å²) in [7, 11) is 0. The predicted molar refractivity (Wildman–Crippen MR) is 76.7 cm³/mol. The van der Waals surface area contributed by atoms with Gasteiger partial charge in [-0.2, -0.15) is 0 Å². The van der Waals surface area contributed by atoms with Crippen molar-refractivity contribution < 1.29 is 9.90 Å². The van der Waals surface area contributed by atoms with Gasteiger partial charge in [0.1, 0.15) is 0 Å². The first-order valence-electron chi connectivity index (χ1n) is 6.08. The van der Waals surface area contributed by atoms with Crippen molar-refractivity contribution in [1.29, 1.82) is 0 Å². The predicted octanol–water partition coefficient (Wildman–Crippen LogP) is 3.20. The van der Waals surface area contributed by atoms with Gasteiger partial charge in [0.2, 0.25) is 0 Å². The Labute approximate surface area is 113 Å². The highest BCUT2D eigenvalue weighted by atomic mass is 16.3. The SMILES string of the molecule is N.O=C(c1ccccc1)C(CCO)c1ccccc1. The average molecular weight is 257 g/mol. The van der Waals surface area contributed by atoms with Crippen molar-refractivity contribution in [2.75, 3.05) is 6.61 Å². The Morgan fingerprint density at radius 1 is 0.947 bits per heavy atom. The van der Waals surface area contributed by atoms with Crippen LogP contribution < -0.4 is 6.15 Å². The van der Waals surface area contributed by atoms with E-state index < -0.39 is 0 Å². The fourth-order valence-corrected chi connectivity index (χ4v) is 2.07. The Kier molecular flexibility index (Phi) is 5.93. The standard InChI is InChI=1S/C16H16O2.H3N/c17-12-11-15(13-7-3-1-4-8-13)16(18)14-9-5-2-6-10-14;/h1-10,15,17H,11-12H2;1H3. The molecule has 0 aromatic heterocycles. The summed E-state index contributed by atoms with van der Waals surface area (Å²) >= 11 is 0. The summed E-state index contributed by atoms with van der Waals surface area (Å²) in [4.78, 5) is 12.4. The molecule has 4 N–H and O–H groups in total. The quantitative estimate of drug-likeness (QED) is 0.808. The van der Waals surface area contributed by atoms with Gasteiger partial charge < -0.3 is 11.3 Å². The van der Waals surface area contributed by atoms with Crippen LogP contribution in [0.1, 0.15) is 28.3 Å². The lowest BCUT2D eigenvalue weighted by Crippen LogP contribution is -2.14. The summed E-state index contributed by atoms with van der Waals surface area (Å²) in [6.07, 6.45) is 0.456. The molecule has 3 heteroatoms. The van der Waals surface area contributed by atoms with E-state index in [0.717, 1.165) is 5.56 Å². The number of carbonyl (C=O) groups is 1. The normalized spacial score (nSPS) is 11.4. The molecular formula is C16H19NO2. The monoisotopic (exact) mass is 257 g/mol. The van der Waals surface area contributed by atoms with E-state index in [4.69, 9.17) is 5.11 Å². The Hall–Kier alpha value is -1.97. The van der Waals surface area contributed by atoms with Crippen LogP contribution in [0.25, 0.3) is 0 Å². The van der Waals surface area contributed by atoms with Crippen LogP contribution in [0.5, 0.6) is 0 Å². The summed E-state index contributed by atoms with van der Waals surface area (Å²) in [5, 5.41) is 9.14. The summed E-state index contributed by atoms with van der Waals surface area (Å²) in [5.74, 6) is -0.200. The van der Waals surface area contributed by atoms with Crippen LogP contribution in [-0.2, 0) is 0 Å². The maximum Gasteiger partial charge on any atom is 0.170 e. The van der Waals surface area contributed by atoms with Gasteiger partial charge in [-0.15, -0.1) is 0 Å². The molecule has 0 bridgehead atoms. The molecule has 0 amide bonds. The highest BCUT2D eigenvalue weighted by molar-refractivity contribution is 6.00. The summed E-state index contributed by atoms with van der Waals surface area (Å²) in [6, 6.07) is 18.8. The molecule has 0 aliphatic rings. The van der Waals surface area contributed by atoms with Crippen molar-refractivity contribution in [2.24, 2.45) is 0 Å². The van der Waals surface area contributed by atoms with Crippen LogP contribution >= 0.6 is 0 Å². The molecule has 0 spiro atoms. The second kappa shape index (κ2) is 7.46. The molecule has 1 unspecified atom stereocenters. The highest BCUT2D eigenvalue weighted by Gasteiger charge is 2.20. The molecule has 0 radical (unpaired) electrons. The largest absolute Gasteiger partial charge is 0.396 e. The second-order valence-electron chi connectivity index (χ2n) is 4.21. The van der Waals surface area contributed by atoms with Gasteiger partial charge >= 0.3 is 0 Å². The molecular weight excluding hydrogens is 238 g/mol. The van der Waals surface area contributed by atoms with Crippen LogP contribution in [0, 0.1) is 0 Å². The lowest BCUT2D eigenvalue weighted by atomic mass is 9.88. The minimum Gasteiger partial charge on any atom is -0.396 e. The minimum absolute atomic E-state index is 0. The molecule has 0 heterocycles. The number of carbonyl (C=O) groups excluding carboxylic acids is 1. The molecule has 2 aromatic carbocycles. The zero-order chi connectivity index (χ0) is 12.8. The van der Waals surface area contributed by atoms with Gasteiger partial charge in [0.05, 0.1) is 0 Å². The van der Waals surface area contributed by atoms with Crippen LogP contribution in [-0.4, -0.2) is 17.5 Å². The van der Waals surface area contributed by atoms with Crippen LogP contribution in [0.4, 0.5) is 0 Å². The first-order chi connectivity index (χ1) is 8.83. The van der Waals surface area contributed by atoms with Crippen molar-refractivity contribution in [3.05, 3.63) is 71.8 Å². The minimum atomic E-state index is -0.265. The van der Waals surface area contributed by atoms with Crippen LogP contribution in [0.2, 0.25) is 0 Å². The third-order valence-corrected chi connectivity index (χ3v) is 2.99. The molecule has 0 aliphatic heterocycles. The van der Waals surface area contributed by atoms with Gasteiger partial charge in [0.15, 0.2) is 5.78 Å². The van der Waals surface area contributed by atoms with Gasteiger partial charge in [-0.25, -0.2) is 0 Å². The molecule has 100 valence electrons. The summed E-state index contributed by atoms with van der Waals surface area (Å²) in [6.45, 7) is 0.0120. The third-order valence-electron chi connectivity index (χ3n) is 2.99. The lowest BCUT2D eigenvalue weighted by Gasteiger charge is -2.15. The van der Waals surface area contributed by atoms with Gasteiger partial charge in [0, 0.05) is 18.1 Å². The van der Waals surface area contributed by atoms with Crippen LogP contribution in [0.15, 0.2) is 60.7 Å². The van der Waals surface area contributed by atoms with Crippen molar-refractivity contribution in [1.82, 2.24) is 6.15 Å². The van der Waals surface area contributed by atoms with Gasteiger partial charge in [-0.1, -0.05) is 60.7 Å². The lowest BCUT2D eigenvalue weighted by molar-refractivity contribution is 0.0943. The van der Waals surface area contributed by atoms with E-state index in [2.05, 4.69) is 0 Å². The van der Waals surface area contributed by atoms with Crippen molar-refractivity contribution >= 4 is 5.78 Å². The van der Waals surface area contributed by atoms with E-state index in [1.807, 2.05) is 60.7 Å². The van der Waals surface area contributed by atoms with Crippen LogP contribution in [0.3, 0.4) is 0 Å². The third kappa shape index (κ3) is 3.74. The maximum atomic E-state index is 12.4. The Morgan fingerprint density at radius 2 is 1.47 bits per heavy atom. The van der Waals surface area contributed by atoms with E-state index >= 15 is 0 Å². The van der Waals surface area contributed by atoms with E-state index in [0.29, 0.717) is 12.0 Å². The molecule has 1 atom stereocenters. The fraction of sp³-hybridized carbons (Fsp3) is 0.188. The Bertz CT molecular complexity index is 497. The number of hydrogen-bond acceptors (Lipinski definition) is 3. The van der Waals surface area contributed by atoms with E-state index in [9.17, 15) is 4.79 Å².